The Morgan fingerprint density at radius 2 is 1.16 bits per heavy atom. The maximum atomic E-state index is 4.39. The van der Waals surface area contributed by atoms with E-state index in [-0.39, 0.29) is 0 Å². The third-order valence-corrected chi connectivity index (χ3v) is 5.26. The molecule has 31 heavy (non-hydrogen) atoms. The van der Waals surface area contributed by atoms with Crippen molar-refractivity contribution in [3.63, 3.8) is 0 Å². The lowest BCUT2D eigenvalue weighted by atomic mass is 10.1. The molecule has 0 aliphatic heterocycles. The van der Waals surface area contributed by atoms with Crippen LogP contribution in [0.4, 0.5) is 0 Å². The molecule has 0 unspecified atom stereocenters. The van der Waals surface area contributed by atoms with E-state index in [1.807, 2.05) is 72.6 Å². The van der Waals surface area contributed by atoms with Crippen LogP contribution in [0.3, 0.4) is 0 Å². The lowest BCUT2D eigenvalue weighted by Crippen LogP contribution is -2.27. The van der Waals surface area contributed by atoms with Gasteiger partial charge >= 0.3 is 0 Å². The fraction of sp³-hybridized carbons (Fsp3) is 0.0769. The Morgan fingerprint density at radius 1 is 0.677 bits per heavy atom. The van der Waals surface area contributed by atoms with Crippen molar-refractivity contribution in [1.29, 1.82) is 0 Å². The summed E-state index contributed by atoms with van der Waals surface area (Å²) in [4.78, 5) is 12.3. The summed E-state index contributed by atoms with van der Waals surface area (Å²) in [7, 11) is 3.99. The van der Waals surface area contributed by atoms with Crippen molar-refractivity contribution in [3.05, 3.63) is 96.1 Å². The van der Waals surface area contributed by atoms with Gasteiger partial charge in [0.15, 0.2) is 24.8 Å². The Bertz CT molecular complexity index is 1350. The first kappa shape index (κ1) is 18.9. The Kier molecular flexibility index (Phi) is 4.84. The Balaban J connectivity index is 1.49. The summed E-state index contributed by atoms with van der Waals surface area (Å²) in [5.74, 6) is 0. The summed E-state index contributed by atoms with van der Waals surface area (Å²) >= 11 is 0. The van der Waals surface area contributed by atoms with Crippen LogP contribution in [-0.4, -0.2) is 15.0 Å². The molecule has 0 radical (unpaired) electrons. The summed E-state index contributed by atoms with van der Waals surface area (Å²) in [5, 5.41) is 2.42. The molecule has 5 rings (SSSR count). The maximum Gasteiger partial charge on any atom is 0.194 e. The van der Waals surface area contributed by atoms with Gasteiger partial charge in [-0.2, -0.15) is 0 Å². The van der Waals surface area contributed by atoms with Crippen molar-refractivity contribution in [3.8, 4) is 0 Å². The van der Waals surface area contributed by atoms with Crippen LogP contribution in [0, 0.1) is 0 Å². The van der Waals surface area contributed by atoms with Gasteiger partial charge in [0.2, 0.25) is 0 Å². The Hall–Kier alpha value is -4.12. The molecular formula is C26H23N5+2. The van der Waals surface area contributed by atoms with Gasteiger partial charge in [0.25, 0.3) is 0 Å². The molecule has 0 atom stereocenters. The monoisotopic (exact) mass is 405 g/mol. The van der Waals surface area contributed by atoms with E-state index in [2.05, 4.69) is 63.5 Å². The van der Waals surface area contributed by atoms with E-state index in [4.69, 9.17) is 0 Å². The number of aryl methyl sites for hydroxylation is 2. The second-order valence-electron chi connectivity index (χ2n) is 7.70. The number of rotatable bonds is 4. The zero-order chi connectivity index (χ0) is 21.2. The fourth-order valence-corrected chi connectivity index (χ4v) is 3.69. The molecule has 0 spiro atoms. The molecule has 0 amide bonds. The molecule has 5 nitrogen and oxygen atoms in total. The highest BCUT2D eigenvalue weighted by Crippen LogP contribution is 2.28. The average molecular weight is 406 g/mol. The number of aromatic nitrogens is 5. The van der Waals surface area contributed by atoms with Crippen LogP contribution in [0.1, 0.15) is 22.5 Å². The van der Waals surface area contributed by atoms with Crippen LogP contribution in [0.25, 0.3) is 46.1 Å². The van der Waals surface area contributed by atoms with Crippen molar-refractivity contribution in [2.24, 2.45) is 14.1 Å². The Morgan fingerprint density at radius 3 is 1.61 bits per heavy atom. The predicted molar refractivity (Wildman–Crippen MR) is 124 cm³/mol. The Labute approximate surface area is 180 Å². The van der Waals surface area contributed by atoms with Crippen molar-refractivity contribution < 1.29 is 9.13 Å². The quantitative estimate of drug-likeness (QED) is 0.458. The standard InChI is InChI=1S/C26H23N5/c1-30-13-11-27-21(17-30)7-3-19-5-9-25-23(15-19)24-16-20(6-10-26(24)29-25)4-8-22-18-31(2)14-12-28-22/h3-18,29H,1-2H3/q+2. The molecule has 0 saturated heterocycles. The molecule has 150 valence electrons. The molecule has 5 heteroatoms. The van der Waals surface area contributed by atoms with E-state index in [9.17, 15) is 0 Å². The summed E-state index contributed by atoms with van der Waals surface area (Å²) in [5.41, 5.74) is 6.41. The minimum Gasteiger partial charge on any atom is -0.355 e. The fourth-order valence-electron chi connectivity index (χ4n) is 3.69. The van der Waals surface area contributed by atoms with Gasteiger partial charge < -0.3 is 4.98 Å². The van der Waals surface area contributed by atoms with E-state index in [0.29, 0.717) is 0 Å². The first-order valence-corrected chi connectivity index (χ1v) is 10.2. The van der Waals surface area contributed by atoms with E-state index in [1.165, 1.54) is 10.8 Å². The molecule has 3 heterocycles. The normalized spacial score (nSPS) is 11.9. The van der Waals surface area contributed by atoms with Crippen LogP contribution in [0.15, 0.2) is 73.6 Å². The number of nitrogens with one attached hydrogen (secondary N) is 1. The molecule has 3 aromatic heterocycles. The molecule has 0 saturated carbocycles. The van der Waals surface area contributed by atoms with Gasteiger partial charge in [-0.25, -0.2) is 19.1 Å². The van der Waals surface area contributed by atoms with Gasteiger partial charge in [0.1, 0.15) is 25.5 Å². The third kappa shape index (κ3) is 4.12. The second-order valence-corrected chi connectivity index (χ2v) is 7.70. The van der Waals surface area contributed by atoms with Gasteiger partial charge in [-0.3, -0.25) is 0 Å². The van der Waals surface area contributed by atoms with Gasteiger partial charge in [0.05, 0.1) is 12.4 Å². The van der Waals surface area contributed by atoms with Crippen LogP contribution < -0.4 is 9.13 Å². The lowest BCUT2D eigenvalue weighted by molar-refractivity contribution is -0.672. The van der Waals surface area contributed by atoms with Crippen LogP contribution in [0.2, 0.25) is 0 Å². The minimum atomic E-state index is 0.930. The first-order valence-electron chi connectivity index (χ1n) is 10.2. The van der Waals surface area contributed by atoms with Gasteiger partial charge in [-0.05, 0) is 47.5 Å². The molecule has 2 aromatic carbocycles. The largest absolute Gasteiger partial charge is 0.355 e. The highest BCUT2D eigenvalue weighted by atomic mass is 14.9. The zero-order valence-corrected chi connectivity index (χ0v) is 17.5. The average Bonchev–Trinajstić information content (AvgIpc) is 3.14. The van der Waals surface area contributed by atoms with Crippen molar-refractivity contribution in [1.82, 2.24) is 15.0 Å². The first-order chi connectivity index (χ1) is 15.1. The van der Waals surface area contributed by atoms with Crippen molar-refractivity contribution >= 4 is 46.1 Å². The molecule has 0 aliphatic rings. The summed E-state index contributed by atoms with van der Waals surface area (Å²) < 4.78 is 3.99. The molecule has 5 aromatic rings. The van der Waals surface area contributed by atoms with Crippen molar-refractivity contribution in [2.75, 3.05) is 0 Å². The predicted octanol–water partition coefficient (Wildman–Crippen LogP) is 4.10. The summed E-state index contributed by atoms with van der Waals surface area (Å²) in [6.07, 6.45) is 19.8. The smallest absolute Gasteiger partial charge is 0.194 e. The molecule has 0 aliphatic carbocycles. The zero-order valence-electron chi connectivity index (χ0n) is 17.5. The van der Waals surface area contributed by atoms with E-state index >= 15 is 0 Å². The highest BCUT2D eigenvalue weighted by molar-refractivity contribution is 6.08. The van der Waals surface area contributed by atoms with Gasteiger partial charge in [-0.1, -0.05) is 24.3 Å². The molecule has 0 fully saturated rings. The summed E-state index contributed by atoms with van der Waals surface area (Å²) in [6.45, 7) is 0. The van der Waals surface area contributed by atoms with Gasteiger partial charge in [0, 0.05) is 21.8 Å². The number of hydrogen-bond donors (Lipinski definition) is 1. The van der Waals surface area contributed by atoms with Crippen LogP contribution in [-0.2, 0) is 14.1 Å². The van der Waals surface area contributed by atoms with Crippen LogP contribution >= 0.6 is 0 Å². The van der Waals surface area contributed by atoms with E-state index in [1.54, 1.807) is 0 Å². The number of hydrogen-bond acceptors (Lipinski definition) is 2. The van der Waals surface area contributed by atoms with Gasteiger partial charge in [-0.15, -0.1) is 0 Å². The van der Waals surface area contributed by atoms with Crippen LogP contribution in [0.5, 0.6) is 0 Å². The highest BCUT2D eigenvalue weighted by Gasteiger charge is 2.06. The number of fused-ring (bicyclic) bond motifs is 3. The SMILES string of the molecule is C[n+]1ccnc(C=Cc2ccc3[nH]c4ccc(C=Cc5c[n+](C)ccn5)cc4c3c2)c1. The molecular weight excluding hydrogens is 382 g/mol. The second kappa shape index (κ2) is 7.95. The van der Waals surface area contributed by atoms with Crippen molar-refractivity contribution in [2.45, 2.75) is 0 Å². The van der Waals surface area contributed by atoms with E-state index < -0.39 is 0 Å². The molecule has 0 bridgehead atoms. The lowest BCUT2D eigenvalue weighted by Gasteiger charge is -1.98. The third-order valence-electron chi connectivity index (χ3n) is 5.26. The minimum absolute atomic E-state index is 0.930. The van der Waals surface area contributed by atoms with E-state index in [0.717, 1.165) is 33.5 Å². The number of H-pyrrole nitrogens is 1. The number of benzene rings is 2. The summed E-state index contributed by atoms with van der Waals surface area (Å²) in [6, 6.07) is 13.0. The molecule has 1 N–H and O–H groups in total. The number of aromatic amines is 1. The topological polar surface area (TPSA) is 49.3 Å². The maximum absolute atomic E-state index is 4.39. The number of nitrogens with zero attached hydrogens (tertiary/aromatic N) is 4.